The molecular formula is C25H41N5O7S. The number of carbonyl (C=O) groups excluding carboxylic acids is 5. The zero-order valence-corrected chi connectivity index (χ0v) is 23.3. The van der Waals surface area contributed by atoms with Crippen molar-refractivity contribution >= 4 is 34.0 Å². The smallest absolute Gasteiger partial charge is 0.373 e. The van der Waals surface area contributed by atoms with Crippen LogP contribution in [0.5, 0.6) is 0 Å². The van der Waals surface area contributed by atoms with Gasteiger partial charge in [0.15, 0.2) is 15.8 Å². The lowest BCUT2D eigenvalue weighted by Crippen LogP contribution is -2.44. The summed E-state index contributed by atoms with van der Waals surface area (Å²) in [5.74, 6) is 2.87. The van der Waals surface area contributed by atoms with Gasteiger partial charge in [0.05, 0.1) is 17.0 Å². The number of rotatable bonds is 4. The maximum atomic E-state index is 11.8. The SMILES string of the molecule is C=C(C)N[C@@H]1C[C@H](C)[C@H]2CC[C@H](NC(C)=O)[C@H]21.C[C@H]1CS(=O)(=O)[C@@H]2CC[C@@H](N=C(N)N)[C@@H]21.O=C=O.O=C=O. The van der Waals surface area contributed by atoms with E-state index in [1.165, 1.54) is 12.8 Å². The highest BCUT2D eigenvalue weighted by molar-refractivity contribution is 7.92. The number of guanidine groups is 1. The molecule has 0 radical (unpaired) electrons. The van der Waals surface area contributed by atoms with Crippen molar-refractivity contribution in [3.05, 3.63) is 12.3 Å². The highest BCUT2D eigenvalue weighted by Gasteiger charge is 2.52. The van der Waals surface area contributed by atoms with E-state index in [1.807, 2.05) is 13.8 Å². The average molecular weight is 556 g/mol. The first kappa shape index (κ1) is 33.0. The van der Waals surface area contributed by atoms with Gasteiger partial charge >= 0.3 is 12.3 Å². The zero-order valence-electron chi connectivity index (χ0n) is 22.5. The van der Waals surface area contributed by atoms with Gasteiger partial charge in [0.2, 0.25) is 5.91 Å². The summed E-state index contributed by atoms with van der Waals surface area (Å²) in [7, 11) is -2.89. The fraction of sp³-hybridized carbons (Fsp3) is 0.760. The molecule has 38 heavy (non-hydrogen) atoms. The maximum absolute atomic E-state index is 11.8. The van der Waals surface area contributed by atoms with Gasteiger partial charge in [0, 0.05) is 36.5 Å². The molecule has 0 unspecified atom stereocenters. The van der Waals surface area contributed by atoms with Crippen LogP contribution in [0.3, 0.4) is 0 Å². The molecule has 3 saturated carbocycles. The lowest BCUT2D eigenvalue weighted by molar-refractivity contribution is -0.193. The monoisotopic (exact) mass is 555 g/mol. The quantitative estimate of drug-likeness (QED) is 0.276. The van der Waals surface area contributed by atoms with Gasteiger partial charge in [-0.25, -0.2) is 13.4 Å². The van der Waals surface area contributed by atoms with E-state index in [-0.39, 0.29) is 47.3 Å². The molecule has 6 N–H and O–H groups in total. The Morgan fingerprint density at radius 2 is 1.47 bits per heavy atom. The third-order valence-electron chi connectivity index (χ3n) is 7.96. The number of allylic oxidation sites excluding steroid dienone is 1. The summed E-state index contributed by atoms with van der Waals surface area (Å²) in [4.78, 5) is 47.9. The Morgan fingerprint density at radius 3 is 1.97 bits per heavy atom. The van der Waals surface area contributed by atoms with Crippen molar-refractivity contribution < 1.29 is 32.4 Å². The molecule has 0 bridgehead atoms. The van der Waals surface area contributed by atoms with E-state index in [2.05, 4.69) is 29.1 Å². The lowest BCUT2D eigenvalue weighted by atomic mass is 9.91. The second kappa shape index (κ2) is 14.8. The standard InChI is InChI=1S/C14H24N2O.C9H17N3O2S.2CO2/c1-8(2)15-13-7-9(3)11-5-6-12(14(11)13)16-10(4)17;1-5-4-15(13,14)7-3-2-6(8(5)7)12-9(10)11;2*2-1-3/h9,11-15H,1,5-7H2,2-4H3,(H,16,17);5-8H,2-4H2,1H3,(H4,10,11,12);;/t9-,11+,12-,13+,14-;5-,6+,7+,8-;;/m00../s1. The number of aliphatic imine (C=N–C) groups is 1. The minimum absolute atomic E-state index is 0.00674. The van der Waals surface area contributed by atoms with Crippen LogP contribution >= 0.6 is 0 Å². The van der Waals surface area contributed by atoms with Crippen molar-refractivity contribution in [1.82, 2.24) is 10.6 Å². The normalized spacial score (nSPS) is 35.0. The van der Waals surface area contributed by atoms with E-state index in [0.717, 1.165) is 30.4 Å². The van der Waals surface area contributed by atoms with Crippen LogP contribution in [0.15, 0.2) is 17.3 Å². The molecule has 4 rings (SSSR count). The third kappa shape index (κ3) is 8.79. The van der Waals surface area contributed by atoms with Crippen LogP contribution < -0.4 is 22.1 Å². The van der Waals surface area contributed by atoms with E-state index in [9.17, 15) is 13.2 Å². The number of carbonyl (C=O) groups is 1. The number of sulfone groups is 1. The fourth-order valence-corrected chi connectivity index (χ4v) is 9.63. The molecule has 1 saturated heterocycles. The molecule has 4 aliphatic rings. The van der Waals surface area contributed by atoms with E-state index >= 15 is 0 Å². The van der Waals surface area contributed by atoms with Crippen molar-refractivity contribution in [2.45, 2.75) is 83.2 Å². The lowest BCUT2D eigenvalue weighted by Gasteiger charge is -2.27. The highest BCUT2D eigenvalue weighted by atomic mass is 32.2. The van der Waals surface area contributed by atoms with Gasteiger partial charge in [-0.2, -0.15) is 19.2 Å². The fourth-order valence-electron chi connectivity index (χ4n) is 7.01. The molecule has 9 atom stereocenters. The Balaban J connectivity index is 0.000000317. The second-order valence-electron chi connectivity index (χ2n) is 10.7. The largest absolute Gasteiger partial charge is 0.386 e. The van der Waals surface area contributed by atoms with Crippen LogP contribution in [0.2, 0.25) is 0 Å². The van der Waals surface area contributed by atoms with Gasteiger partial charge < -0.3 is 22.1 Å². The van der Waals surface area contributed by atoms with Gasteiger partial charge in [-0.1, -0.05) is 20.4 Å². The van der Waals surface area contributed by atoms with E-state index < -0.39 is 9.84 Å². The van der Waals surface area contributed by atoms with Crippen molar-refractivity contribution in [3.63, 3.8) is 0 Å². The predicted octanol–water partition coefficient (Wildman–Crippen LogP) is 0.353. The molecule has 4 fully saturated rings. The van der Waals surface area contributed by atoms with E-state index in [4.69, 9.17) is 30.6 Å². The van der Waals surface area contributed by atoms with Gasteiger partial charge in [-0.15, -0.1) is 0 Å². The van der Waals surface area contributed by atoms with Crippen LogP contribution in [-0.4, -0.2) is 61.7 Å². The number of nitrogens with zero attached hydrogens (tertiary/aromatic N) is 1. The summed E-state index contributed by atoms with van der Waals surface area (Å²) < 4.78 is 23.5. The van der Waals surface area contributed by atoms with Crippen molar-refractivity contribution in [2.24, 2.45) is 46.0 Å². The van der Waals surface area contributed by atoms with Crippen LogP contribution in [0.25, 0.3) is 0 Å². The molecule has 214 valence electrons. The molecule has 1 amide bonds. The minimum atomic E-state index is -2.89. The summed E-state index contributed by atoms with van der Waals surface area (Å²) in [6.07, 6.45) is 5.59. The zero-order chi connectivity index (χ0) is 29.2. The van der Waals surface area contributed by atoms with Gasteiger partial charge in [0.25, 0.3) is 0 Å². The first-order chi connectivity index (χ1) is 17.7. The Hall–Kier alpha value is -3.01. The van der Waals surface area contributed by atoms with Gasteiger partial charge in [-0.3, -0.25) is 4.79 Å². The number of amides is 1. The summed E-state index contributed by atoms with van der Waals surface area (Å²) >= 11 is 0. The molecule has 0 aromatic heterocycles. The van der Waals surface area contributed by atoms with Gasteiger partial charge in [0.1, 0.15) is 0 Å². The first-order valence-electron chi connectivity index (χ1n) is 12.7. The first-order valence-corrected chi connectivity index (χ1v) is 14.4. The Labute approximate surface area is 224 Å². The van der Waals surface area contributed by atoms with Crippen LogP contribution in [0, 0.1) is 29.6 Å². The molecule has 0 aromatic carbocycles. The Kier molecular flexibility index (Phi) is 12.9. The van der Waals surface area contributed by atoms with Crippen molar-refractivity contribution in [2.75, 3.05) is 5.75 Å². The van der Waals surface area contributed by atoms with Crippen molar-refractivity contribution in [3.8, 4) is 0 Å². The molecule has 13 heteroatoms. The summed E-state index contributed by atoms with van der Waals surface area (Å²) in [6, 6.07) is 0.860. The van der Waals surface area contributed by atoms with E-state index in [1.54, 1.807) is 6.92 Å². The van der Waals surface area contributed by atoms with Crippen LogP contribution in [0.1, 0.15) is 59.8 Å². The molecule has 12 nitrogen and oxygen atoms in total. The summed E-state index contributed by atoms with van der Waals surface area (Å²) in [5, 5.41) is 6.42. The number of hydrogen-bond donors (Lipinski definition) is 4. The third-order valence-corrected chi connectivity index (χ3v) is 10.4. The molecule has 1 heterocycles. The topological polar surface area (TPSA) is 208 Å². The minimum Gasteiger partial charge on any atom is -0.386 e. The van der Waals surface area contributed by atoms with Crippen LogP contribution in [0.4, 0.5) is 0 Å². The highest BCUT2D eigenvalue weighted by Crippen LogP contribution is 2.48. The van der Waals surface area contributed by atoms with Crippen molar-refractivity contribution in [1.29, 1.82) is 0 Å². The second-order valence-corrected chi connectivity index (χ2v) is 12.9. The van der Waals surface area contributed by atoms with Crippen LogP contribution in [-0.2, 0) is 33.8 Å². The van der Waals surface area contributed by atoms with E-state index in [0.29, 0.717) is 30.2 Å². The average Bonchev–Trinajstić information content (AvgIpc) is 3.49. The van der Waals surface area contributed by atoms with Gasteiger partial charge in [-0.05, 0) is 56.8 Å². The molecule has 3 aliphatic carbocycles. The predicted molar refractivity (Wildman–Crippen MR) is 138 cm³/mol. The maximum Gasteiger partial charge on any atom is 0.373 e. The summed E-state index contributed by atoms with van der Waals surface area (Å²) in [6.45, 7) is 11.9. The number of fused-ring (bicyclic) bond motifs is 2. The Bertz CT molecular complexity index is 1020. The summed E-state index contributed by atoms with van der Waals surface area (Å²) in [5.41, 5.74) is 11.7. The number of hydrogen-bond acceptors (Lipinski definition) is 9. The molecular weight excluding hydrogens is 514 g/mol. The Morgan fingerprint density at radius 1 is 0.895 bits per heavy atom. The molecule has 0 spiro atoms. The molecule has 1 aliphatic heterocycles. The molecule has 0 aromatic rings. The number of nitrogens with two attached hydrogens (primary N) is 2. The number of nitrogens with one attached hydrogen (secondary N) is 2.